The molecule has 0 N–H and O–H groups in total. The van der Waals surface area contributed by atoms with Gasteiger partial charge in [-0.25, -0.2) is 0 Å². The Balaban J connectivity index is 0. The van der Waals surface area contributed by atoms with E-state index in [1.165, 1.54) is 6.92 Å². The van der Waals surface area contributed by atoms with E-state index in [1.54, 1.807) is 0 Å². The monoisotopic (exact) mass is 155 g/mol. The van der Waals surface area contributed by atoms with Gasteiger partial charge in [-0.15, -0.1) is 0 Å². The fourth-order valence-corrected chi connectivity index (χ4v) is 0.402. The number of nitro groups is 1. The summed E-state index contributed by atoms with van der Waals surface area (Å²) < 4.78 is 0. The van der Waals surface area contributed by atoms with Gasteiger partial charge in [0.2, 0.25) is 0 Å². The number of nitrogens with zero attached hydrogens (tertiary/aromatic N) is 1. The summed E-state index contributed by atoms with van der Waals surface area (Å²) in [4.78, 5) is 18.7. The van der Waals surface area contributed by atoms with E-state index in [9.17, 15) is 20.0 Å². The normalized spacial score (nSPS) is 11.3. The van der Waals surface area contributed by atoms with Crippen LogP contribution in [0.25, 0.3) is 0 Å². The number of carboxylic acids is 1. The number of hydrogen-bond donors (Lipinski definition) is 0. The number of aliphatic carboxylic acids is 1. The minimum atomic E-state index is -1.62. The third-order valence-electron chi connectivity index (χ3n) is 0.913. The molecular formula is C4H6NNaO4. The van der Waals surface area contributed by atoms with Crippen molar-refractivity contribution in [2.45, 2.75) is 19.4 Å². The van der Waals surface area contributed by atoms with Gasteiger partial charge in [0.05, 0.1) is 0 Å². The van der Waals surface area contributed by atoms with Crippen LogP contribution in [-0.4, -0.2) is 16.9 Å². The quantitative estimate of drug-likeness (QED) is 0.235. The molecule has 0 amide bonds. The number of rotatable bonds is 3. The Bertz CT molecular complexity index is 123. The van der Waals surface area contributed by atoms with E-state index in [0.717, 1.165) is 0 Å². The SMILES string of the molecule is CCC(C(=O)[O-])[N+](=O)[O-].[Na+]. The molecule has 0 aromatic rings. The van der Waals surface area contributed by atoms with Crippen LogP contribution >= 0.6 is 0 Å². The standard InChI is InChI=1S/C4H7NO4.Na/c1-2-3(4(6)7)5(8)9;/h3H,2H2,1H3,(H,6,7);/q;+1/p-1. The van der Waals surface area contributed by atoms with Crippen LogP contribution in [0.2, 0.25) is 0 Å². The Kier molecular flexibility index (Phi) is 7.07. The molecule has 0 bridgehead atoms. The smallest absolute Gasteiger partial charge is 0.543 e. The van der Waals surface area contributed by atoms with E-state index in [4.69, 9.17) is 0 Å². The molecule has 52 valence electrons. The fraction of sp³-hybridized carbons (Fsp3) is 0.750. The van der Waals surface area contributed by atoms with E-state index in [1.807, 2.05) is 0 Å². The molecule has 0 radical (unpaired) electrons. The number of carbonyl (C=O) groups is 1. The van der Waals surface area contributed by atoms with Gasteiger partial charge >= 0.3 is 29.6 Å². The van der Waals surface area contributed by atoms with Crippen LogP contribution in [0.4, 0.5) is 0 Å². The summed E-state index contributed by atoms with van der Waals surface area (Å²) in [7, 11) is 0. The van der Waals surface area contributed by atoms with Crippen molar-refractivity contribution < 1.29 is 44.4 Å². The summed E-state index contributed by atoms with van der Waals surface area (Å²) in [5.41, 5.74) is 0. The van der Waals surface area contributed by atoms with Crippen LogP contribution in [0.5, 0.6) is 0 Å². The summed E-state index contributed by atoms with van der Waals surface area (Å²) in [5, 5.41) is 19.6. The zero-order valence-corrected chi connectivity index (χ0v) is 7.86. The molecule has 1 atom stereocenters. The largest absolute Gasteiger partial charge is 1.00 e. The maximum Gasteiger partial charge on any atom is 1.00 e. The van der Waals surface area contributed by atoms with E-state index < -0.39 is 16.9 Å². The predicted molar refractivity (Wildman–Crippen MR) is 26.1 cm³/mol. The van der Waals surface area contributed by atoms with Gasteiger partial charge in [0, 0.05) is 11.3 Å². The van der Waals surface area contributed by atoms with Gasteiger partial charge in [-0.2, -0.15) is 0 Å². The van der Waals surface area contributed by atoms with Crippen molar-refractivity contribution in [3.05, 3.63) is 10.1 Å². The molecule has 5 nitrogen and oxygen atoms in total. The first-order valence-corrected chi connectivity index (χ1v) is 2.44. The van der Waals surface area contributed by atoms with E-state index >= 15 is 0 Å². The molecular weight excluding hydrogens is 149 g/mol. The minimum Gasteiger partial charge on any atom is -0.543 e. The zero-order valence-electron chi connectivity index (χ0n) is 5.86. The third-order valence-corrected chi connectivity index (χ3v) is 0.913. The average Bonchev–Trinajstić information content (AvgIpc) is 1.64. The Morgan fingerprint density at radius 1 is 1.70 bits per heavy atom. The van der Waals surface area contributed by atoms with E-state index in [0.29, 0.717) is 0 Å². The molecule has 0 spiro atoms. The van der Waals surface area contributed by atoms with Crippen molar-refractivity contribution in [1.82, 2.24) is 0 Å². The first-order chi connectivity index (χ1) is 4.09. The van der Waals surface area contributed by atoms with Crippen molar-refractivity contribution in [3.63, 3.8) is 0 Å². The third kappa shape index (κ3) is 3.81. The second kappa shape index (κ2) is 5.64. The Labute approximate surface area is 79.9 Å². The summed E-state index contributed by atoms with van der Waals surface area (Å²) in [5.74, 6) is -1.62. The van der Waals surface area contributed by atoms with Crippen LogP contribution in [0, 0.1) is 10.1 Å². The number of hydrogen-bond acceptors (Lipinski definition) is 4. The summed E-state index contributed by atoms with van der Waals surface area (Å²) in [6.45, 7) is 1.42. The number of carbonyl (C=O) groups excluding carboxylic acids is 1. The van der Waals surface area contributed by atoms with Crippen LogP contribution < -0.4 is 34.7 Å². The molecule has 10 heavy (non-hydrogen) atoms. The van der Waals surface area contributed by atoms with Gasteiger partial charge in [-0.05, 0) is 0 Å². The molecule has 0 fully saturated rings. The van der Waals surface area contributed by atoms with Crippen molar-refractivity contribution in [2.24, 2.45) is 0 Å². The molecule has 0 rings (SSSR count). The first kappa shape index (κ1) is 12.5. The second-order valence-electron chi connectivity index (χ2n) is 1.53. The van der Waals surface area contributed by atoms with Crippen LogP contribution in [0.15, 0.2) is 0 Å². The summed E-state index contributed by atoms with van der Waals surface area (Å²) in [6, 6.07) is -1.55. The maximum atomic E-state index is 9.82. The second-order valence-corrected chi connectivity index (χ2v) is 1.53. The van der Waals surface area contributed by atoms with Crippen LogP contribution in [-0.2, 0) is 4.79 Å². The molecule has 0 saturated carbocycles. The Morgan fingerprint density at radius 2 is 2.10 bits per heavy atom. The van der Waals surface area contributed by atoms with Crippen molar-refractivity contribution in [3.8, 4) is 0 Å². The van der Waals surface area contributed by atoms with Gasteiger partial charge in [-0.1, -0.05) is 6.92 Å². The molecule has 0 aliphatic carbocycles. The van der Waals surface area contributed by atoms with Crippen molar-refractivity contribution in [1.29, 1.82) is 0 Å². The molecule has 6 heteroatoms. The predicted octanol–water partition coefficient (Wildman–Crippen LogP) is -4.20. The molecule has 1 unspecified atom stereocenters. The van der Waals surface area contributed by atoms with Gasteiger partial charge in [0.25, 0.3) is 6.04 Å². The van der Waals surface area contributed by atoms with Crippen molar-refractivity contribution >= 4 is 5.97 Å². The molecule has 0 aliphatic heterocycles. The van der Waals surface area contributed by atoms with Gasteiger partial charge in [0.1, 0.15) is 5.97 Å². The van der Waals surface area contributed by atoms with E-state index in [-0.39, 0.29) is 36.0 Å². The topological polar surface area (TPSA) is 83.3 Å². The van der Waals surface area contributed by atoms with Gasteiger partial charge in [0.15, 0.2) is 0 Å². The van der Waals surface area contributed by atoms with Crippen molar-refractivity contribution in [2.75, 3.05) is 0 Å². The number of carboxylic acid groups (broad SMARTS) is 1. The first-order valence-electron chi connectivity index (χ1n) is 2.44. The van der Waals surface area contributed by atoms with Crippen LogP contribution in [0.1, 0.15) is 13.3 Å². The Hall–Kier alpha value is -0.130. The van der Waals surface area contributed by atoms with Gasteiger partial charge in [-0.3, -0.25) is 10.1 Å². The zero-order chi connectivity index (χ0) is 7.44. The molecule has 0 aromatic heterocycles. The maximum absolute atomic E-state index is 9.82. The summed E-state index contributed by atoms with van der Waals surface area (Å²) >= 11 is 0. The van der Waals surface area contributed by atoms with Crippen LogP contribution in [0.3, 0.4) is 0 Å². The summed E-state index contributed by atoms with van der Waals surface area (Å²) in [6.07, 6.45) is -0.0324. The Morgan fingerprint density at radius 3 is 2.10 bits per heavy atom. The van der Waals surface area contributed by atoms with Gasteiger partial charge < -0.3 is 9.90 Å². The average molecular weight is 155 g/mol. The molecule has 0 aromatic carbocycles. The minimum absolute atomic E-state index is 0. The molecule has 0 aliphatic rings. The molecule has 0 heterocycles. The van der Waals surface area contributed by atoms with E-state index in [2.05, 4.69) is 0 Å². The fourth-order valence-electron chi connectivity index (χ4n) is 0.402. The molecule has 0 saturated heterocycles.